The number of aromatic nitrogens is 3. The minimum atomic E-state index is -4.58. The van der Waals surface area contributed by atoms with Gasteiger partial charge in [0, 0.05) is 38.3 Å². The Labute approximate surface area is 215 Å². The van der Waals surface area contributed by atoms with E-state index >= 15 is 0 Å². The highest BCUT2D eigenvalue weighted by Gasteiger charge is 2.35. The zero-order valence-corrected chi connectivity index (χ0v) is 21.0. The zero-order chi connectivity index (χ0) is 27.1. The molecule has 0 bridgehead atoms. The largest absolute Gasteiger partial charge is 0.436 e. The second-order valence-electron chi connectivity index (χ2n) is 8.95. The summed E-state index contributed by atoms with van der Waals surface area (Å²) in [7, 11) is -3.51. The van der Waals surface area contributed by atoms with Gasteiger partial charge in [0.2, 0.25) is 15.9 Å². The summed E-state index contributed by atoms with van der Waals surface area (Å²) < 4.78 is 73.6. The van der Waals surface area contributed by atoms with Crippen LogP contribution in [0.2, 0.25) is 0 Å². The van der Waals surface area contributed by atoms with Gasteiger partial charge in [-0.1, -0.05) is 18.2 Å². The molecule has 2 aromatic carbocycles. The van der Waals surface area contributed by atoms with Gasteiger partial charge >= 0.3 is 12.2 Å². The lowest BCUT2D eigenvalue weighted by atomic mass is 10.0. The Morgan fingerprint density at radius 3 is 2.53 bits per heavy atom. The van der Waals surface area contributed by atoms with Crippen LogP contribution in [0, 0.1) is 0 Å². The number of piperazine rings is 1. The van der Waals surface area contributed by atoms with E-state index in [4.69, 9.17) is 4.42 Å². The van der Waals surface area contributed by atoms with E-state index in [0.717, 1.165) is 17.0 Å². The minimum absolute atomic E-state index is 0.0505. The van der Waals surface area contributed by atoms with Crippen molar-refractivity contribution < 1.29 is 30.8 Å². The van der Waals surface area contributed by atoms with Crippen molar-refractivity contribution in [2.75, 3.05) is 37.2 Å². The van der Waals surface area contributed by atoms with Crippen molar-refractivity contribution in [1.82, 2.24) is 24.6 Å². The van der Waals surface area contributed by atoms with Gasteiger partial charge in [-0.25, -0.2) is 18.2 Å². The number of fused-ring (bicyclic) bond motifs is 1. The molecule has 38 heavy (non-hydrogen) atoms. The predicted octanol–water partition coefficient (Wildman–Crippen LogP) is 3.87. The number of carbonyl (C=O) groups is 1. The lowest BCUT2D eigenvalue weighted by molar-refractivity contribution is -0.138. The van der Waals surface area contributed by atoms with Crippen LogP contribution < -0.4 is 4.72 Å². The fourth-order valence-electron chi connectivity index (χ4n) is 4.28. The number of alkyl halides is 3. The third-order valence-corrected chi connectivity index (χ3v) is 6.68. The van der Waals surface area contributed by atoms with Crippen LogP contribution in [0.25, 0.3) is 22.6 Å². The average Bonchev–Trinajstić information content (AvgIpc) is 3.49. The molecule has 1 fully saturated rings. The van der Waals surface area contributed by atoms with Crippen molar-refractivity contribution in [3.8, 4) is 11.5 Å². The van der Waals surface area contributed by atoms with E-state index in [9.17, 15) is 26.4 Å². The first kappa shape index (κ1) is 25.7. The fraction of sp³-hybridized carbons (Fsp3) is 0.292. The molecule has 200 valence electrons. The molecular weight excluding hydrogens is 525 g/mol. The molecule has 0 saturated carbocycles. The maximum absolute atomic E-state index is 14.0. The molecule has 5 rings (SSSR count). The molecule has 2 aromatic heterocycles. The van der Waals surface area contributed by atoms with E-state index in [-0.39, 0.29) is 42.3 Å². The van der Waals surface area contributed by atoms with Crippen LogP contribution in [-0.4, -0.2) is 71.4 Å². The zero-order valence-electron chi connectivity index (χ0n) is 20.1. The van der Waals surface area contributed by atoms with Crippen molar-refractivity contribution >= 4 is 32.8 Å². The molecule has 0 unspecified atom stereocenters. The fourth-order valence-corrected chi connectivity index (χ4v) is 4.82. The van der Waals surface area contributed by atoms with Gasteiger partial charge < -0.3 is 9.32 Å². The highest BCUT2D eigenvalue weighted by atomic mass is 32.2. The molecule has 1 aliphatic rings. The summed E-state index contributed by atoms with van der Waals surface area (Å²) in [4.78, 5) is 20.4. The SMILES string of the molecule is CS(=O)(=O)Nc1cnn(C(=O)N2CCN(Cc3ccc(-c4nc5ccccc5o4)cc3C(F)(F)F)CC2)c1. The van der Waals surface area contributed by atoms with Crippen LogP contribution in [0.15, 0.2) is 59.3 Å². The lowest BCUT2D eigenvalue weighted by Crippen LogP contribution is -2.49. The van der Waals surface area contributed by atoms with E-state index in [1.54, 1.807) is 30.3 Å². The third kappa shape index (κ3) is 5.65. The van der Waals surface area contributed by atoms with Crippen molar-refractivity contribution in [1.29, 1.82) is 0 Å². The van der Waals surface area contributed by atoms with E-state index in [2.05, 4.69) is 14.8 Å². The summed E-state index contributed by atoms with van der Waals surface area (Å²) in [6.45, 7) is 1.30. The number of halogens is 3. The number of nitrogens with zero attached hydrogens (tertiary/aromatic N) is 5. The third-order valence-electron chi connectivity index (χ3n) is 6.07. The highest BCUT2D eigenvalue weighted by molar-refractivity contribution is 7.92. The number of anilines is 1. The number of hydrogen-bond donors (Lipinski definition) is 1. The lowest BCUT2D eigenvalue weighted by Gasteiger charge is -2.34. The van der Waals surface area contributed by atoms with Crippen LogP contribution >= 0.6 is 0 Å². The van der Waals surface area contributed by atoms with Crippen molar-refractivity contribution in [2.45, 2.75) is 12.7 Å². The number of hydrogen-bond acceptors (Lipinski definition) is 7. The van der Waals surface area contributed by atoms with Crippen molar-refractivity contribution in [3.63, 3.8) is 0 Å². The number of oxazole rings is 1. The van der Waals surface area contributed by atoms with Gasteiger partial charge in [0.15, 0.2) is 5.58 Å². The first-order chi connectivity index (χ1) is 18.0. The van der Waals surface area contributed by atoms with Crippen molar-refractivity contribution in [2.24, 2.45) is 0 Å². The molecular formula is C24H23F3N6O4S. The number of benzene rings is 2. The molecule has 0 spiro atoms. The second-order valence-corrected chi connectivity index (χ2v) is 10.7. The van der Waals surface area contributed by atoms with Gasteiger partial charge in [-0.3, -0.25) is 9.62 Å². The number of sulfonamides is 1. The molecule has 1 saturated heterocycles. The van der Waals surface area contributed by atoms with Crippen LogP contribution in [0.1, 0.15) is 11.1 Å². The van der Waals surface area contributed by atoms with E-state index < -0.39 is 27.8 Å². The summed E-state index contributed by atoms with van der Waals surface area (Å²) in [6, 6.07) is 10.6. The number of carbonyl (C=O) groups excluding carboxylic acids is 1. The number of rotatable bonds is 5. The number of amides is 1. The molecule has 1 amide bonds. The molecule has 0 atom stereocenters. The molecule has 0 aliphatic carbocycles. The standard InChI is InChI=1S/C24H23F3N6O4S/c1-38(35,36)30-18-13-28-33(15-18)23(34)32-10-8-31(9-11-32)14-17-7-6-16(12-19(17)24(25,26)27)22-29-20-4-2-3-5-21(20)37-22/h2-7,12-13,15,30H,8-11,14H2,1H3. The molecule has 1 aliphatic heterocycles. The monoisotopic (exact) mass is 548 g/mol. The number of nitrogens with one attached hydrogen (secondary N) is 1. The predicted molar refractivity (Wildman–Crippen MR) is 133 cm³/mol. The average molecular weight is 549 g/mol. The second kappa shape index (κ2) is 9.76. The van der Waals surface area contributed by atoms with Gasteiger partial charge in [0.25, 0.3) is 0 Å². The maximum Gasteiger partial charge on any atom is 0.416 e. The van der Waals surface area contributed by atoms with Crippen LogP contribution in [-0.2, 0) is 22.7 Å². The Kier molecular flexibility index (Phi) is 6.61. The number of para-hydroxylation sites is 2. The molecule has 10 nitrogen and oxygen atoms in total. The van der Waals surface area contributed by atoms with Crippen LogP contribution in [0.5, 0.6) is 0 Å². The van der Waals surface area contributed by atoms with Gasteiger partial charge in [-0.05, 0) is 29.8 Å². The molecule has 4 aromatic rings. The van der Waals surface area contributed by atoms with Crippen LogP contribution in [0.3, 0.4) is 0 Å². The Morgan fingerprint density at radius 2 is 1.84 bits per heavy atom. The minimum Gasteiger partial charge on any atom is -0.436 e. The Bertz CT molecular complexity index is 1560. The first-order valence-corrected chi connectivity index (χ1v) is 13.5. The molecule has 0 radical (unpaired) electrons. The normalized spacial score (nSPS) is 15.2. The Hall–Kier alpha value is -3.91. The van der Waals surface area contributed by atoms with Gasteiger partial charge in [-0.15, -0.1) is 0 Å². The van der Waals surface area contributed by atoms with Gasteiger partial charge in [0.1, 0.15) is 5.52 Å². The topological polar surface area (TPSA) is 114 Å². The summed E-state index contributed by atoms with van der Waals surface area (Å²) in [5.74, 6) is 0.115. The molecule has 14 heteroatoms. The van der Waals surface area contributed by atoms with Gasteiger partial charge in [0.05, 0.1) is 29.9 Å². The van der Waals surface area contributed by atoms with E-state index in [1.807, 2.05) is 4.90 Å². The first-order valence-electron chi connectivity index (χ1n) is 11.6. The Balaban J connectivity index is 1.27. The molecule has 3 heterocycles. The Morgan fingerprint density at radius 1 is 1.11 bits per heavy atom. The summed E-state index contributed by atoms with van der Waals surface area (Å²) in [6.07, 6.45) is -1.10. The highest BCUT2D eigenvalue weighted by Crippen LogP contribution is 2.36. The van der Waals surface area contributed by atoms with Crippen LogP contribution in [0.4, 0.5) is 23.7 Å². The quantitative estimate of drug-likeness (QED) is 0.403. The van der Waals surface area contributed by atoms with E-state index in [1.165, 1.54) is 23.4 Å². The summed E-state index contributed by atoms with van der Waals surface area (Å²) in [5.41, 5.74) is 0.784. The van der Waals surface area contributed by atoms with Crippen molar-refractivity contribution in [3.05, 3.63) is 66.0 Å². The summed E-state index contributed by atoms with van der Waals surface area (Å²) >= 11 is 0. The maximum atomic E-state index is 14.0. The summed E-state index contributed by atoms with van der Waals surface area (Å²) in [5, 5.41) is 3.90. The van der Waals surface area contributed by atoms with Gasteiger partial charge in [-0.2, -0.15) is 23.0 Å². The smallest absolute Gasteiger partial charge is 0.416 e. The van der Waals surface area contributed by atoms with E-state index in [0.29, 0.717) is 24.2 Å². The molecule has 1 N–H and O–H groups in total.